The Labute approximate surface area is 127 Å². The number of amides is 1. The van der Waals surface area contributed by atoms with Gasteiger partial charge < -0.3 is 11.1 Å². The number of nitrogens with one attached hydrogen (secondary N) is 2. The van der Waals surface area contributed by atoms with Crippen LogP contribution in [-0.2, 0) is 10.0 Å². The fraction of sp³-hybridized carbons (Fsp3) is 0.417. The topological polar surface area (TPSA) is 101 Å². The number of benzene rings is 1. The molecule has 0 radical (unpaired) electrons. The fourth-order valence-corrected chi connectivity index (χ4v) is 3.15. The largest absolute Gasteiger partial charge is 0.399 e. The van der Waals surface area contributed by atoms with Crippen LogP contribution in [0.2, 0.25) is 0 Å². The van der Waals surface area contributed by atoms with Crippen molar-refractivity contribution in [3.8, 4) is 0 Å². The lowest BCUT2D eigenvalue weighted by Crippen LogP contribution is -2.51. The molecule has 0 aliphatic carbocycles. The SMILES string of the molecule is CC(C)(CNC(=O)c1cc(N)ccc1Br)NS(C)(=O)=O. The van der Waals surface area contributed by atoms with E-state index in [2.05, 4.69) is 26.0 Å². The summed E-state index contributed by atoms with van der Waals surface area (Å²) in [5, 5.41) is 2.68. The monoisotopic (exact) mass is 363 g/mol. The average Bonchev–Trinajstić information content (AvgIpc) is 2.26. The van der Waals surface area contributed by atoms with Crippen molar-refractivity contribution in [2.75, 3.05) is 18.5 Å². The number of anilines is 1. The van der Waals surface area contributed by atoms with Crippen LogP contribution >= 0.6 is 15.9 Å². The summed E-state index contributed by atoms with van der Waals surface area (Å²) in [4.78, 5) is 12.1. The Hall–Kier alpha value is -1.12. The van der Waals surface area contributed by atoms with Gasteiger partial charge in [-0.15, -0.1) is 0 Å². The molecule has 4 N–H and O–H groups in total. The van der Waals surface area contributed by atoms with Gasteiger partial charge in [0.25, 0.3) is 5.91 Å². The van der Waals surface area contributed by atoms with Crippen LogP contribution in [0.15, 0.2) is 22.7 Å². The number of halogens is 1. The molecule has 0 fully saturated rings. The number of hydrogen-bond donors (Lipinski definition) is 3. The Balaban J connectivity index is 2.75. The molecule has 0 bridgehead atoms. The highest BCUT2D eigenvalue weighted by Gasteiger charge is 2.23. The molecule has 0 aromatic heterocycles. The highest BCUT2D eigenvalue weighted by molar-refractivity contribution is 9.10. The van der Waals surface area contributed by atoms with Gasteiger partial charge in [0.2, 0.25) is 10.0 Å². The lowest BCUT2D eigenvalue weighted by Gasteiger charge is -2.25. The van der Waals surface area contributed by atoms with Crippen molar-refractivity contribution in [3.63, 3.8) is 0 Å². The highest BCUT2D eigenvalue weighted by atomic mass is 79.9. The summed E-state index contributed by atoms with van der Waals surface area (Å²) in [6.07, 6.45) is 1.07. The molecule has 1 amide bonds. The number of sulfonamides is 1. The number of nitrogen functional groups attached to an aromatic ring is 1. The molecule has 112 valence electrons. The Bertz CT molecular complexity index is 614. The minimum Gasteiger partial charge on any atom is -0.399 e. The van der Waals surface area contributed by atoms with Gasteiger partial charge in [-0.3, -0.25) is 4.79 Å². The summed E-state index contributed by atoms with van der Waals surface area (Å²) in [7, 11) is -3.34. The van der Waals surface area contributed by atoms with Crippen molar-refractivity contribution >= 4 is 37.5 Å². The summed E-state index contributed by atoms with van der Waals surface area (Å²) in [6.45, 7) is 3.52. The number of rotatable bonds is 5. The first-order chi connectivity index (χ1) is 9.00. The van der Waals surface area contributed by atoms with E-state index in [9.17, 15) is 13.2 Å². The van der Waals surface area contributed by atoms with E-state index in [-0.39, 0.29) is 12.5 Å². The zero-order valence-electron chi connectivity index (χ0n) is 11.5. The number of hydrogen-bond acceptors (Lipinski definition) is 4. The first-order valence-corrected chi connectivity index (χ1v) is 8.51. The summed E-state index contributed by atoms with van der Waals surface area (Å²) >= 11 is 3.27. The van der Waals surface area contributed by atoms with Crippen molar-refractivity contribution in [2.24, 2.45) is 0 Å². The first kappa shape index (κ1) is 16.9. The standard InChI is InChI=1S/C12H18BrN3O3S/c1-12(2,16-20(3,18)19)7-15-11(17)9-6-8(14)4-5-10(9)13/h4-6,16H,7,14H2,1-3H3,(H,15,17). The molecule has 0 heterocycles. The van der Waals surface area contributed by atoms with Gasteiger partial charge in [-0.2, -0.15) is 0 Å². The quantitative estimate of drug-likeness (QED) is 0.681. The van der Waals surface area contributed by atoms with Crippen LogP contribution in [0.5, 0.6) is 0 Å². The second-order valence-corrected chi connectivity index (χ2v) is 7.78. The molecule has 0 unspecified atom stereocenters. The molecule has 8 heteroatoms. The third-order valence-electron chi connectivity index (χ3n) is 2.39. The van der Waals surface area contributed by atoms with Crippen LogP contribution in [-0.4, -0.2) is 32.7 Å². The molecule has 1 aromatic carbocycles. The van der Waals surface area contributed by atoms with E-state index < -0.39 is 15.6 Å². The molecule has 0 aliphatic heterocycles. The van der Waals surface area contributed by atoms with Crippen molar-refractivity contribution in [1.82, 2.24) is 10.0 Å². The smallest absolute Gasteiger partial charge is 0.252 e. The molecular formula is C12H18BrN3O3S. The van der Waals surface area contributed by atoms with Crippen LogP contribution in [0.25, 0.3) is 0 Å². The molecule has 1 rings (SSSR count). The lowest BCUT2D eigenvalue weighted by atomic mass is 10.1. The summed E-state index contributed by atoms with van der Waals surface area (Å²) < 4.78 is 25.5. The average molecular weight is 364 g/mol. The van der Waals surface area contributed by atoms with E-state index in [1.807, 2.05) is 0 Å². The van der Waals surface area contributed by atoms with Gasteiger partial charge >= 0.3 is 0 Å². The Morgan fingerprint density at radius 1 is 1.40 bits per heavy atom. The molecule has 0 atom stereocenters. The molecule has 6 nitrogen and oxygen atoms in total. The van der Waals surface area contributed by atoms with Crippen LogP contribution < -0.4 is 15.8 Å². The van der Waals surface area contributed by atoms with Crippen LogP contribution in [0.4, 0.5) is 5.69 Å². The lowest BCUT2D eigenvalue weighted by molar-refractivity contribution is 0.0943. The Morgan fingerprint density at radius 3 is 2.55 bits per heavy atom. The molecule has 0 saturated heterocycles. The van der Waals surface area contributed by atoms with E-state index in [4.69, 9.17) is 5.73 Å². The van der Waals surface area contributed by atoms with Gasteiger partial charge in [0.15, 0.2) is 0 Å². The van der Waals surface area contributed by atoms with Gasteiger partial charge in [0, 0.05) is 22.2 Å². The summed E-state index contributed by atoms with van der Waals surface area (Å²) in [5.74, 6) is -0.326. The molecule has 20 heavy (non-hydrogen) atoms. The predicted octanol–water partition coefficient (Wildman–Crippen LogP) is 1.09. The first-order valence-electron chi connectivity index (χ1n) is 5.82. The zero-order chi connectivity index (χ0) is 15.6. The minimum atomic E-state index is -3.34. The van der Waals surface area contributed by atoms with E-state index >= 15 is 0 Å². The second kappa shape index (κ2) is 6.11. The van der Waals surface area contributed by atoms with E-state index in [1.165, 1.54) is 0 Å². The van der Waals surface area contributed by atoms with E-state index in [1.54, 1.807) is 32.0 Å². The third-order valence-corrected chi connectivity index (χ3v) is 4.00. The van der Waals surface area contributed by atoms with E-state index in [0.29, 0.717) is 15.7 Å². The number of carbonyl (C=O) groups excluding carboxylic acids is 1. The van der Waals surface area contributed by atoms with Gasteiger partial charge in [-0.05, 0) is 48.0 Å². The summed E-state index contributed by atoms with van der Waals surface area (Å²) in [5.41, 5.74) is 5.74. The second-order valence-electron chi connectivity index (χ2n) is 5.18. The summed E-state index contributed by atoms with van der Waals surface area (Å²) in [6, 6.07) is 4.91. The molecule has 1 aromatic rings. The maximum absolute atomic E-state index is 12.1. The number of nitrogens with two attached hydrogens (primary N) is 1. The maximum Gasteiger partial charge on any atom is 0.252 e. The van der Waals surface area contributed by atoms with Crippen LogP contribution in [0.3, 0.4) is 0 Å². The highest BCUT2D eigenvalue weighted by Crippen LogP contribution is 2.19. The molecule has 0 spiro atoms. The fourth-order valence-electron chi connectivity index (χ4n) is 1.65. The Morgan fingerprint density at radius 2 is 2.00 bits per heavy atom. The predicted molar refractivity (Wildman–Crippen MR) is 82.9 cm³/mol. The van der Waals surface area contributed by atoms with Crippen molar-refractivity contribution in [3.05, 3.63) is 28.2 Å². The van der Waals surface area contributed by atoms with Crippen molar-refractivity contribution in [2.45, 2.75) is 19.4 Å². The maximum atomic E-state index is 12.1. The van der Waals surface area contributed by atoms with Crippen molar-refractivity contribution in [1.29, 1.82) is 0 Å². The van der Waals surface area contributed by atoms with Crippen LogP contribution in [0, 0.1) is 0 Å². The molecule has 0 saturated carbocycles. The zero-order valence-corrected chi connectivity index (χ0v) is 13.9. The minimum absolute atomic E-state index is 0.153. The van der Waals surface area contributed by atoms with Crippen molar-refractivity contribution < 1.29 is 13.2 Å². The van der Waals surface area contributed by atoms with Gasteiger partial charge in [-0.1, -0.05) is 0 Å². The normalized spacial score (nSPS) is 12.2. The van der Waals surface area contributed by atoms with Gasteiger partial charge in [0.05, 0.1) is 11.8 Å². The van der Waals surface area contributed by atoms with Crippen LogP contribution in [0.1, 0.15) is 24.2 Å². The Kier molecular flexibility index (Phi) is 5.17. The third kappa shape index (κ3) is 5.48. The molecule has 0 aliphatic rings. The van der Waals surface area contributed by atoms with Gasteiger partial charge in [0.1, 0.15) is 0 Å². The van der Waals surface area contributed by atoms with E-state index in [0.717, 1.165) is 6.26 Å². The van der Waals surface area contributed by atoms with Gasteiger partial charge in [-0.25, -0.2) is 13.1 Å². The number of carbonyl (C=O) groups is 1. The molecular weight excluding hydrogens is 346 g/mol.